The van der Waals surface area contributed by atoms with Crippen molar-refractivity contribution in [3.8, 4) is 17.2 Å². The summed E-state index contributed by atoms with van der Waals surface area (Å²) in [6, 6.07) is 15.8. The maximum Gasteiger partial charge on any atom is 0.116 e. The summed E-state index contributed by atoms with van der Waals surface area (Å²) in [6.07, 6.45) is 1.58. The van der Waals surface area contributed by atoms with Gasteiger partial charge in [0.2, 0.25) is 0 Å². The second kappa shape index (κ2) is 4.51. The molecule has 0 radical (unpaired) electrons. The lowest BCUT2D eigenvalue weighted by Crippen LogP contribution is -1.88. The highest BCUT2D eigenvalue weighted by atomic mass is 14.8. The van der Waals surface area contributed by atoms with Gasteiger partial charge in [-0.15, -0.1) is 0 Å². The molecule has 2 aromatic carbocycles. The zero-order valence-corrected chi connectivity index (χ0v) is 10.5. The molecule has 3 nitrogen and oxygen atoms in total. The van der Waals surface area contributed by atoms with Gasteiger partial charge in [-0.25, -0.2) is 9.97 Å². The molecule has 0 aliphatic rings. The molecule has 90 valence electrons. The normalized spacial score (nSPS) is 10.3. The second-order valence-corrected chi connectivity index (χ2v) is 4.38. The van der Waals surface area contributed by atoms with Crippen LogP contribution in [0.2, 0.25) is 0 Å². The first-order chi connectivity index (χ1) is 9.28. The van der Waals surface area contributed by atoms with Crippen LogP contribution in [0.1, 0.15) is 11.3 Å². The van der Waals surface area contributed by atoms with Gasteiger partial charge in [-0.3, -0.25) is 0 Å². The van der Waals surface area contributed by atoms with E-state index in [0.717, 1.165) is 27.7 Å². The number of fused-ring (bicyclic) bond motifs is 1. The number of aromatic nitrogens is 2. The molecule has 1 aromatic heterocycles. The highest BCUT2D eigenvalue weighted by Gasteiger charge is 2.03. The number of aryl methyl sites for hydroxylation is 1. The molecule has 0 atom stereocenters. The summed E-state index contributed by atoms with van der Waals surface area (Å²) >= 11 is 0. The topological polar surface area (TPSA) is 49.6 Å². The first-order valence-corrected chi connectivity index (χ1v) is 6.00. The Balaban J connectivity index is 2.20. The van der Waals surface area contributed by atoms with Gasteiger partial charge in [0.15, 0.2) is 0 Å². The molecule has 3 aromatic rings. The minimum absolute atomic E-state index is 0.665. The quantitative estimate of drug-likeness (QED) is 0.659. The number of nitriles is 1. The van der Waals surface area contributed by atoms with Crippen molar-refractivity contribution in [3.05, 3.63) is 60.0 Å². The van der Waals surface area contributed by atoms with Crippen molar-refractivity contribution >= 4 is 10.9 Å². The molecule has 3 rings (SSSR count). The van der Waals surface area contributed by atoms with Gasteiger partial charge < -0.3 is 0 Å². The maximum absolute atomic E-state index is 8.95. The van der Waals surface area contributed by atoms with E-state index in [-0.39, 0.29) is 0 Å². The predicted octanol–water partition coefficient (Wildman–Crippen LogP) is 3.48. The van der Waals surface area contributed by atoms with Crippen molar-refractivity contribution in [3.63, 3.8) is 0 Å². The summed E-state index contributed by atoms with van der Waals surface area (Å²) in [5, 5.41) is 10.00. The Labute approximate surface area is 111 Å². The van der Waals surface area contributed by atoms with Crippen molar-refractivity contribution in [2.75, 3.05) is 0 Å². The summed E-state index contributed by atoms with van der Waals surface area (Å²) in [4.78, 5) is 8.46. The van der Waals surface area contributed by atoms with E-state index in [9.17, 15) is 0 Å². The van der Waals surface area contributed by atoms with Crippen LogP contribution in [0.3, 0.4) is 0 Å². The van der Waals surface area contributed by atoms with E-state index in [0.29, 0.717) is 5.56 Å². The van der Waals surface area contributed by atoms with E-state index >= 15 is 0 Å². The molecule has 0 fully saturated rings. The average molecular weight is 245 g/mol. The molecular weight excluding hydrogens is 234 g/mol. The summed E-state index contributed by atoms with van der Waals surface area (Å²) in [5.74, 6) is 0. The Kier molecular flexibility index (Phi) is 2.70. The van der Waals surface area contributed by atoms with Crippen LogP contribution in [0.4, 0.5) is 0 Å². The van der Waals surface area contributed by atoms with Crippen LogP contribution in [0.15, 0.2) is 48.8 Å². The Hall–Kier alpha value is -2.73. The van der Waals surface area contributed by atoms with Crippen molar-refractivity contribution < 1.29 is 0 Å². The predicted molar refractivity (Wildman–Crippen MR) is 74.4 cm³/mol. The molecule has 0 N–H and O–H groups in total. The zero-order valence-electron chi connectivity index (χ0n) is 10.5. The first kappa shape index (κ1) is 11.4. The van der Waals surface area contributed by atoms with E-state index in [1.165, 1.54) is 0 Å². The Morgan fingerprint density at radius 2 is 1.84 bits per heavy atom. The monoisotopic (exact) mass is 245 g/mol. The fraction of sp³-hybridized carbons (Fsp3) is 0.0625. The molecule has 1 heterocycles. The van der Waals surface area contributed by atoms with Gasteiger partial charge in [-0.1, -0.05) is 18.2 Å². The third kappa shape index (κ3) is 2.04. The lowest BCUT2D eigenvalue weighted by atomic mass is 10.0. The lowest BCUT2D eigenvalue weighted by Gasteiger charge is -2.05. The molecule has 0 aliphatic heterocycles. The van der Waals surface area contributed by atoms with Gasteiger partial charge in [0, 0.05) is 11.1 Å². The molecule has 0 spiro atoms. The fourth-order valence-electron chi connectivity index (χ4n) is 2.13. The Morgan fingerprint density at radius 1 is 1.00 bits per heavy atom. The molecule has 0 unspecified atom stereocenters. The second-order valence-electron chi connectivity index (χ2n) is 4.38. The van der Waals surface area contributed by atoms with Crippen LogP contribution in [0.5, 0.6) is 0 Å². The van der Waals surface area contributed by atoms with E-state index in [1.807, 2.05) is 37.3 Å². The molecule has 0 saturated heterocycles. The van der Waals surface area contributed by atoms with E-state index in [2.05, 4.69) is 22.1 Å². The summed E-state index contributed by atoms with van der Waals surface area (Å²) in [6.45, 7) is 1.97. The van der Waals surface area contributed by atoms with Gasteiger partial charge in [0.05, 0.1) is 17.1 Å². The number of benzene rings is 2. The Bertz CT molecular complexity index is 800. The zero-order chi connectivity index (χ0) is 13.2. The molecule has 19 heavy (non-hydrogen) atoms. The van der Waals surface area contributed by atoms with Gasteiger partial charge in [0.1, 0.15) is 6.33 Å². The highest BCUT2D eigenvalue weighted by Crippen LogP contribution is 2.25. The van der Waals surface area contributed by atoms with Crippen LogP contribution in [-0.2, 0) is 0 Å². The van der Waals surface area contributed by atoms with Gasteiger partial charge in [-0.2, -0.15) is 5.26 Å². The van der Waals surface area contributed by atoms with Crippen molar-refractivity contribution in [1.82, 2.24) is 9.97 Å². The van der Waals surface area contributed by atoms with Crippen LogP contribution < -0.4 is 0 Å². The third-order valence-electron chi connectivity index (χ3n) is 3.16. The SMILES string of the molecule is Cc1ncnc2ccc(-c3cccc(C#N)c3)cc12. The van der Waals surface area contributed by atoms with Crippen LogP contribution in [0, 0.1) is 18.3 Å². The van der Waals surface area contributed by atoms with Crippen molar-refractivity contribution in [2.45, 2.75) is 6.92 Å². The number of hydrogen-bond donors (Lipinski definition) is 0. The average Bonchev–Trinajstić information content (AvgIpc) is 2.47. The number of nitrogens with zero attached hydrogens (tertiary/aromatic N) is 3. The van der Waals surface area contributed by atoms with Crippen LogP contribution >= 0.6 is 0 Å². The van der Waals surface area contributed by atoms with Crippen LogP contribution in [0.25, 0.3) is 22.0 Å². The van der Waals surface area contributed by atoms with Crippen LogP contribution in [-0.4, -0.2) is 9.97 Å². The van der Waals surface area contributed by atoms with Crippen molar-refractivity contribution in [2.24, 2.45) is 0 Å². The summed E-state index contributed by atoms with van der Waals surface area (Å²) in [7, 11) is 0. The molecular formula is C16H11N3. The van der Waals surface area contributed by atoms with E-state index in [1.54, 1.807) is 12.4 Å². The van der Waals surface area contributed by atoms with E-state index < -0.39 is 0 Å². The maximum atomic E-state index is 8.95. The van der Waals surface area contributed by atoms with Gasteiger partial charge in [-0.05, 0) is 42.3 Å². The largest absolute Gasteiger partial charge is 0.241 e. The Morgan fingerprint density at radius 3 is 2.68 bits per heavy atom. The molecule has 3 heteroatoms. The lowest BCUT2D eigenvalue weighted by molar-refractivity contribution is 1.15. The standard InChI is InChI=1S/C16H11N3/c1-11-15-8-14(5-6-16(15)19-10-18-11)13-4-2-3-12(7-13)9-17/h2-8,10H,1H3. The summed E-state index contributed by atoms with van der Waals surface area (Å²) < 4.78 is 0. The third-order valence-corrected chi connectivity index (χ3v) is 3.16. The fourth-order valence-corrected chi connectivity index (χ4v) is 2.13. The van der Waals surface area contributed by atoms with E-state index in [4.69, 9.17) is 5.26 Å². The van der Waals surface area contributed by atoms with Gasteiger partial charge in [0.25, 0.3) is 0 Å². The molecule has 0 amide bonds. The summed E-state index contributed by atoms with van der Waals surface area (Å²) in [5.41, 5.74) is 4.67. The smallest absolute Gasteiger partial charge is 0.116 e. The minimum atomic E-state index is 0.665. The minimum Gasteiger partial charge on any atom is -0.241 e. The van der Waals surface area contributed by atoms with Crippen molar-refractivity contribution in [1.29, 1.82) is 5.26 Å². The van der Waals surface area contributed by atoms with Gasteiger partial charge >= 0.3 is 0 Å². The first-order valence-electron chi connectivity index (χ1n) is 6.00. The molecule has 0 aliphatic carbocycles. The number of rotatable bonds is 1. The molecule has 0 saturated carbocycles. The highest BCUT2D eigenvalue weighted by molar-refractivity contribution is 5.86. The number of hydrogen-bond acceptors (Lipinski definition) is 3. The molecule has 0 bridgehead atoms.